The van der Waals surface area contributed by atoms with Crippen molar-refractivity contribution in [3.8, 4) is 5.75 Å². The number of likely N-dealkylation sites (N-methyl/N-ethyl adjacent to an activating group) is 1. The number of hydrogen-bond acceptors (Lipinski definition) is 5. The average molecular weight is 363 g/mol. The summed E-state index contributed by atoms with van der Waals surface area (Å²) < 4.78 is 23.5. The Hall–Kier alpha value is -2.05. The molecule has 2 aromatic carbocycles. The molecule has 0 saturated carbocycles. The van der Waals surface area contributed by atoms with Crippen LogP contribution in [0.2, 0.25) is 0 Å². The predicted octanol–water partition coefficient (Wildman–Crippen LogP) is 3.90. The smallest absolute Gasteiger partial charge is 0.327 e. The van der Waals surface area contributed by atoms with Crippen molar-refractivity contribution in [1.82, 2.24) is 4.90 Å². The fourth-order valence-corrected chi connectivity index (χ4v) is 3.23. The van der Waals surface area contributed by atoms with Gasteiger partial charge in [0.2, 0.25) is 0 Å². The summed E-state index contributed by atoms with van der Waals surface area (Å²) in [5.41, 5.74) is 1.69. The molecule has 2 aromatic rings. The zero-order chi connectivity index (χ0) is 18.4. The van der Waals surface area contributed by atoms with Crippen molar-refractivity contribution in [2.45, 2.75) is 17.5 Å². The lowest BCUT2D eigenvalue weighted by molar-refractivity contribution is -0.147. The minimum atomic E-state index is -0.614. The van der Waals surface area contributed by atoms with E-state index in [1.54, 1.807) is 31.0 Å². The zero-order valence-electron chi connectivity index (χ0n) is 14.8. The Morgan fingerprint density at radius 2 is 1.88 bits per heavy atom. The van der Waals surface area contributed by atoms with Gasteiger partial charge in [-0.15, -0.1) is 11.8 Å². The highest BCUT2D eigenvalue weighted by molar-refractivity contribution is 7.98. The molecule has 0 aliphatic carbocycles. The van der Waals surface area contributed by atoms with Crippen molar-refractivity contribution < 1.29 is 18.7 Å². The molecular formula is C19H22FNO3S. The van der Waals surface area contributed by atoms with Gasteiger partial charge in [-0.1, -0.05) is 18.2 Å². The fourth-order valence-electron chi connectivity index (χ4n) is 2.69. The summed E-state index contributed by atoms with van der Waals surface area (Å²) in [4.78, 5) is 15.2. The molecule has 4 nitrogen and oxygen atoms in total. The number of esters is 1. The molecule has 0 aliphatic heterocycles. The number of ether oxygens (including phenoxy) is 2. The summed E-state index contributed by atoms with van der Waals surface area (Å²) in [5, 5.41) is 0. The highest BCUT2D eigenvalue weighted by Gasteiger charge is 2.26. The summed E-state index contributed by atoms with van der Waals surface area (Å²) in [6.07, 6.45) is 1.99. The fraction of sp³-hybridized carbons (Fsp3) is 0.316. The molecular weight excluding hydrogens is 341 g/mol. The SMILES string of the molecule is COC(=O)[C@@H](c1ccc(F)cc1)N(C)Cc1ccc(SC)c(OC)c1. The van der Waals surface area contributed by atoms with Gasteiger partial charge in [0.25, 0.3) is 0 Å². The van der Waals surface area contributed by atoms with Gasteiger partial charge < -0.3 is 9.47 Å². The second kappa shape index (κ2) is 8.87. The van der Waals surface area contributed by atoms with Crippen LogP contribution in [0, 0.1) is 5.82 Å². The first-order valence-corrected chi connectivity index (χ1v) is 8.97. The van der Waals surface area contributed by atoms with Crippen molar-refractivity contribution in [2.24, 2.45) is 0 Å². The van der Waals surface area contributed by atoms with E-state index in [1.807, 2.05) is 36.4 Å². The predicted molar refractivity (Wildman–Crippen MR) is 97.4 cm³/mol. The van der Waals surface area contributed by atoms with Crippen LogP contribution in [0.3, 0.4) is 0 Å². The summed E-state index contributed by atoms with van der Waals surface area (Å²) >= 11 is 1.61. The Bertz CT molecular complexity index is 721. The molecule has 0 N–H and O–H groups in total. The summed E-state index contributed by atoms with van der Waals surface area (Å²) in [6, 6.07) is 11.2. The third-order valence-corrected chi connectivity index (χ3v) is 4.71. The lowest BCUT2D eigenvalue weighted by Gasteiger charge is -2.26. The van der Waals surface area contributed by atoms with E-state index < -0.39 is 6.04 Å². The Balaban J connectivity index is 2.26. The molecule has 0 fully saturated rings. The number of methoxy groups -OCH3 is 2. The van der Waals surface area contributed by atoms with Gasteiger partial charge in [-0.2, -0.15) is 0 Å². The van der Waals surface area contributed by atoms with Gasteiger partial charge in [0.05, 0.1) is 14.2 Å². The number of benzene rings is 2. The molecule has 25 heavy (non-hydrogen) atoms. The van der Waals surface area contributed by atoms with Crippen LogP contribution in [-0.2, 0) is 16.1 Å². The zero-order valence-corrected chi connectivity index (χ0v) is 15.6. The van der Waals surface area contributed by atoms with E-state index in [9.17, 15) is 9.18 Å². The average Bonchev–Trinajstić information content (AvgIpc) is 2.63. The van der Waals surface area contributed by atoms with Crippen molar-refractivity contribution >= 4 is 17.7 Å². The van der Waals surface area contributed by atoms with Crippen LogP contribution in [0.4, 0.5) is 4.39 Å². The van der Waals surface area contributed by atoms with Gasteiger partial charge in [0.1, 0.15) is 17.6 Å². The molecule has 0 aliphatic rings. The second-order valence-corrected chi connectivity index (χ2v) is 6.43. The van der Waals surface area contributed by atoms with E-state index in [0.717, 1.165) is 16.2 Å². The van der Waals surface area contributed by atoms with Crippen molar-refractivity contribution in [2.75, 3.05) is 27.5 Å². The Morgan fingerprint density at radius 3 is 2.44 bits per heavy atom. The van der Waals surface area contributed by atoms with Gasteiger partial charge in [-0.3, -0.25) is 4.90 Å². The maximum Gasteiger partial charge on any atom is 0.327 e. The van der Waals surface area contributed by atoms with E-state index in [4.69, 9.17) is 9.47 Å². The number of thioether (sulfide) groups is 1. The quantitative estimate of drug-likeness (QED) is 0.551. The molecule has 0 amide bonds. The van der Waals surface area contributed by atoms with Crippen LogP contribution in [-0.4, -0.2) is 38.4 Å². The number of hydrogen-bond donors (Lipinski definition) is 0. The van der Waals surface area contributed by atoms with Crippen LogP contribution >= 0.6 is 11.8 Å². The normalized spacial score (nSPS) is 12.1. The standard InChI is InChI=1S/C19H22FNO3S/c1-21(12-13-5-10-17(25-4)16(11-13)23-2)18(19(22)24-3)14-6-8-15(20)9-7-14/h5-11,18H,12H2,1-4H3/t18-/m1/s1. The first-order valence-electron chi connectivity index (χ1n) is 7.74. The first-order chi connectivity index (χ1) is 12.0. The molecule has 6 heteroatoms. The minimum absolute atomic E-state index is 0.340. The largest absolute Gasteiger partial charge is 0.496 e. The second-order valence-electron chi connectivity index (χ2n) is 5.58. The van der Waals surface area contributed by atoms with Crippen molar-refractivity contribution in [3.63, 3.8) is 0 Å². The van der Waals surface area contributed by atoms with E-state index in [-0.39, 0.29) is 11.8 Å². The Morgan fingerprint density at radius 1 is 1.20 bits per heavy atom. The number of halogens is 1. The highest BCUT2D eigenvalue weighted by Crippen LogP contribution is 2.30. The minimum Gasteiger partial charge on any atom is -0.496 e. The highest BCUT2D eigenvalue weighted by atomic mass is 32.2. The van der Waals surface area contributed by atoms with Gasteiger partial charge in [-0.25, -0.2) is 9.18 Å². The van der Waals surface area contributed by atoms with Crippen LogP contribution in [0.5, 0.6) is 5.75 Å². The van der Waals surface area contributed by atoms with E-state index in [1.165, 1.54) is 19.2 Å². The van der Waals surface area contributed by atoms with E-state index >= 15 is 0 Å². The van der Waals surface area contributed by atoms with Crippen molar-refractivity contribution in [1.29, 1.82) is 0 Å². The number of nitrogens with zero attached hydrogens (tertiary/aromatic N) is 1. The van der Waals surface area contributed by atoms with Gasteiger partial charge in [0.15, 0.2) is 0 Å². The maximum atomic E-state index is 13.2. The Labute approximate surface area is 151 Å². The molecule has 0 spiro atoms. The molecule has 0 unspecified atom stereocenters. The van der Waals surface area contributed by atoms with Gasteiger partial charge >= 0.3 is 5.97 Å². The van der Waals surface area contributed by atoms with Crippen LogP contribution in [0.25, 0.3) is 0 Å². The molecule has 0 bridgehead atoms. The molecule has 0 radical (unpaired) electrons. The van der Waals surface area contributed by atoms with E-state index in [2.05, 4.69) is 0 Å². The lowest BCUT2D eigenvalue weighted by atomic mass is 10.0. The first kappa shape index (κ1) is 19.3. The molecule has 2 rings (SSSR count). The lowest BCUT2D eigenvalue weighted by Crippen LogP contribution is -2.31. The topological polar surface area (TPSA) is 38.8 Å². The summed E-state index contributed by atoms with van der Waals surface area (Å²) in [6.45, 7) is 0.516. The summed E-state index contributed by atoms with van der Waals surface area (Å²) in [5.74, 6) is 0.0732. The van der Waals surface area contributed by atoms with Crippen LogP contribution in [0.1, 0.15) is 17.2 Å². The molecule has 0 saturated heterocycles. The summed E-state index contributed by atoms with van der Waals surface area (Å²) in [7, 11) is 4.82. The molecule has 0 heterocycles. The van der Waals surface area contributed by atoms with Crippen LogP contribution in [0.15, 0.2) is 47.4 Å². The third kappa shape index (κ3) is 4.74. The number of rotatable bonds is 7. The van der Waals surface area contributed by atoms with Gasteiger partial charge in [-0.05, 0) is 48.7 Å². The van der Waals surface area contributed by atoms with Crippen molar-refractivity contribution in [3.05, 3.63) is 59.4 Å². The maximum absolute atomic E-state index is 13.2. The molecule has 134 valence electrons. The molecule has 0 aromatic heterocycles. The Kier molecular flexibility index (Phi) is 6.84. The molecule has 1 atom stereocenters. The third-order valence-electron chi connectivity index (χ3n) is 3.93. The monoisotopic (exact) mass is 363 g/mol. The number of carbonyl (C=O) groups is 1. The number of carbonyl (C=O) groups excluding carboxylic acids is 1. The van der Waals surface area contributed by atoms with E-state index in [0.29, 0.717) is 12.1 Å². The van der Waals surface area contributed by atoms with Gasteiger partial charge in [0, 0.05) is 11.4 Å². The van der Waals surface area contributed by atoms with Crippen LogP contribution < -0.4 is 4.74 Å².